The van der Waals surface area contributed by atoms with E-state index in [1.165, 1.54) is 0 Å². The maximum Gasteiger partial charge on any atom is 0.248 e. The first-order valence-corrected chi connectivity index (χ1v) is 8.22. The van der Waals surface area contributed by atoms with Crippen LogP contribution in [0.3, 0.4) is 0 Å². The molecule has 8 nitrogen and oxygen atoms in total. The fourth-order valence-electron chi connectivity index (χ4n) is 3.22. The van der Waals surface area contributed by atoms with Crippen molar-refractivity contribution in [2.45, 2.75) is 32.2 Å². The van der Waals surface area contributed by atoms with Crippen LogP contribution in [0.15, 0.2) is 12.4 Å². The van der Waals surface area contributed by atoms with E-state index in [0.717, 1.165) is 36.9 Å². The number of aryl methyl sites for hydroxylation is 1. The number of rotatable bonds is 5. The summed E-state index contributed by atoms with van der Waals surface area (Å²) in [5.74, 6) is 3.05. The van der Waals surface area contributed by atoms with Crippen molar-refractivity contribution in [1.29, 1.82) is 0 Å². The Hall–Kier alpha value is -2.22. The number of amides is 1. The second kappa shape index (κ2) is 7.12. The third kappa shape index (κ3) is 3.33. The number of imidazole rings is 1. The van der Waals surface area contributed by atoms with Gasteiger partial charge in [-0.15, -0.1) is 10.2 Å². The fraction of sp³-hybridized carbons (Fsp3) is 0.625. The lowest BCUT2D eigenvalue weighted by Gasteiger charge is -2.32. The zero-order valence-electron chi connectivity index (χ0n) is 14.5. The highest BCUT2D eigenvalue weighted by atomic mass is 16.5. The van der Waals surface area contributed by atoms with Crippen molar-refractivity contribution in [3.63, 3.8) is 0 Å². The SMILES string of the molecule is COCC(=O)N1CCC[C@H](c2nnc(Cn3ccnc3C)n2C)C1. The Morgan fingerprint density at radius 1 is 1.42 bits per heavy atom. The summed E-state index contributed by atoms with van der Waals surface area (Å²) in [6.45, 7) is 4.22. The summed E-state index contributed by atoms with van der Waals surface area (Å²) >= 11 is 0. The number of likely N-dealkylation sites (tertiary alicyclic amines) is 1. The van der Waals surface area contributed by atoms with Crippen LogP contribution < -0.4 is 0 Å². The summed E-state index contributed by atoms with van der Waals surface area (Å²) in [4.78, 5) is 18.2. The van der Waals surface area contributed by atoms with Gasteiger partial charge in [0.1, 0.15) is 18.3 Å². The number of hydrogen-bond acceptors (Lipinski definition) is 5. The predicted octanol–water partition coefficient (Wildman–Crippen LogP) is 0.721. The van der Waals surface area contributed by atoms with Crippen molar-refractivity contribution in [3.8, 4) is 0 Å². The van der Waals surface area contributed by atoms with Crippen LogP contribution in [-0.2, 0) is 23.1 Å². The van der Waals surface area contributed by atoms with Gasteiger partial charge in [0.2, 0.25) is 5.91 Å². The highest BCUT2D eigenvalue weighted by Gasteiger charge is 2.28. The molecule has 0 aromatic carbocycles. The second-order valence-corrected chi connectivity index (χ2v) is 6.25. The molecule has 0 radical (unpaired) electrons. The molecule has 24 heavy (non-hydrogen) atoms. The normalized spacial score (nSPS) is 18.1. The summed E-state index contributed by atoms with van der Waals surface area (Å²) in [5.41, 5.74) is 0. The van der Waals surface area contributed by atoms with Crippen LogP contribution in [0.4, 0.5) is 0 Å². The van der Waals surface area contributed by atoms with Crippen molar-refractivity contribution in [1.82, 2.24) is 29.2 Å². The summed E-state index contributed by atoms with van der Waals surface area (Å²) in [5, 5.41) is 8.75. The molecule has 0 spiro atoms. The molecule has 2 aromatic rings. The second-order valence-electron chi connectivity index (χ2n) is 6.25. The Morgan fingerprint density at radius 3 is 2.96 bits per heavy atom. The number of methoxy groups -OCH3 is 1. The molecule has 1 atom stereocenters. The van der Waals surface area contributed by atoms with Gasteiger partial charge in [-0.1, -0.05) is 0 Å². The lowest BCUT2D eigenvalue weighted by Crippen LogP contribution is -2.41. The van der Waals surface area contributed by atoms with Gasteiger partial charge in [0.05, 0.1) is 6.54 Å². The molecule has 3 rings (SSSR count). The third-order valence-electron chi connectivity index (χ3n) is 4.64. The van der Waals surface area contributed by atoms with E-state index in [2.05, 4.69) is 19.7 Å². The van der Waals surface area contributed by atoms with Crippen molar-refractivity contribution in [3.05, 3.63) is 29.9 Å². The van der Waals surface area contributed by atoms with Gasteiger partial charge in [-0.2, -0.15) is 0 Å². The van der Waals surface area contributed by atoms with E-state index in [1.54, 1.807) is 13.3 Å². The molecule has 2 aromatic heterocycles. The van der Waals surface area contributed by atoms with Gasteiger partial charge in [0, 0.05) is 45.6 Å². The standard InChI is InChI=1S/C16H24N6O2/c1-12-17-6-8-21(12)10-14-18-19-16(20(14)2)13-5-4-7-22(9-13)15(23)11-24-3/h6,8,13H,4-5,7,9-11H2,1-3H3/t13-/m0/s1. The van der Waals surface area contributed by atoms with E-state index in [4.69, 9.17) is 4.74 Å². The minimum absolute atomic E-state index is 0.0404. The molecule has 1 fully saturated rings. The number of piperidine rings is 1. The van der Waals surface area contributed by atoms with Gasteiger partial charge in [-0.05, 0) is 19.8 Å². The summed E-state index contributed by atoms with van der Waals surface area (Å²) in [6.07, 6.45) is 5.72. The topological polar surface area (TPSA) is 78.1 Å². The Morgan fingerprint density at radius 2 is 2.25 bits per heavy atom. The van der Waals surface area contributed by atoms with Crippen LogP contribution in [0.1, 0.15) is 36.2 Å². The third-order valence-corrected chi connectivity index (χ3v) is 4.64. The summed E-state index contributed by atoms with van der Waals surface area (Å²) in [6, 6.07) is 0. The van der Waals surface area contributed by atoms with Crippen LogP contribution in [0.2, 0.25) is 0 Å². The number of nitrogens with zero attached hydrogens (tertiary/aromatic N) is 6. The highest BCUT2D eigenvalue weighted by molar-refractivity contribution is 5.77. The van der Waals surface area contributed by atoms with E-state index in [-0.39, 0.29) is 18.4 Å². The minimum Gasteiger partial charge on any atom is -0.375 e. The molecular formula is C16H24N6O2. The minimum atomic E-state index is 0.0404. The lowest BCUT2D eigenvalue weighted by atomic mass is 9.97. The summed E-state index contributed by atoms with van der Waals surface area (Å²) < 4.78 is 9.06. The monoisotopic (exact) mass is 332 g/mol. The number of aromatic nitrogens is 5. The van der Waals surface area contributed by atoms with E-state index >= 15 is 0 Å². The van der Waals surface area contributed by atoms with E-state index in [1.807, 2.05) is 29.6 Å². The number of ether oxygens (including phenoxy) is 1. The van der Waals surface area contributed by atoms with Crippen LogP contribution in [0, 0.1) is 6.92 Å². The van der Waals surface area contributed by atoms with E-state index < -0.39 is 0 Å². The largest absolute Gasteiger partial charge is 0.375 e. The fourth-order valence-corrected chi connectivity index (χ4v) is 3.22. The van der Waals surface area contributed by atoms with Crippen molar-refractivity contribution < 1.29 is 9.53 Å². The van der Waals surface area contributed by atoms with Gasteiger partial charge in [-0.25, -0.2) is 4.98 Å². The van der Waals surface area contributed by atoms with E-state index in [0.29, 0.717) is 13.1 Å². The van der Waals surface area contributed by atoms with Gasteiger partial charge in [0.15, 0.2) is 5.82 Å². The van der Waals surface area contributed by atoms with Gasteiger partial charge in [0.25, 0.3) is 0 Å². The van der Waals surface area contributed by atoms with Crippen LogP contribution in [0.25, 0.3) is 0 Å². The quantitative estimate of drug-likeness (QED) is 0.806. The lowest BCUT2D eigenvalue weighted by molar-refractivity contribution is -0.136. The molecule has 8 heteroatoms. The Labute approximate surface area is 141 Å². The predicted molar refractivity (Wildman–Crippen MR) is 87.5 cm³/mol. The average molecular weight is 332 g/mol. The smallest absolute Gasteiger partial charge is 0.248 e. The van der Waals surface area contributed by atoms with Crippen molar-refractivity contribution in [2.24, 2.45) is 7.05 Å². The number of hydrogen-bond donors (Lipinski definition) is 0. The Balaban J connectivity index is 1.73. The number of carbonyl (C=O) groups is 1. The molecule has 0 aliphatic carbocycles. The van der Waals surface area contributed by atoms with Crippen LogP contribution in [0.5, 0.6) is 0 Å². The van der Waals surface area contributed by atoms with Gasteiger partial charge >= 0.3 is 0 Å². The molecule has 3 heterocycles. The molecule has 1 aliphatic heterocycles. The molecule has 0 saturated carbocycles. The molecule has 0 bridgehead atoms. The van der Waals surface area contributed by atoms with E-state index in [9.17, 15) is 4.79 Å². The maximum atomic E-state index is 12.1. The molecule has 0 unspecified atom stereocenters. The van der Waals surface area contributed by atoms with Gasteiger partial charge < -0.3 is 18.8 Å². The van der Waals surface area contributed by atoms with Crippen molar-refractivity contribution >= 4 is 5.91 Å². The Bertz CT molecular complexity index is 707. The average Bonchev–Trinajstić information content (AvgIpc) is 3.15. The summed E-state index contributed by atoms with van der Waals surface area (Å²) in [7, 11) is 3.54. The highest BCUT2D eigenvalue weighted by Crippen LogP contribution is 2.26. The first-order valence-electron chi connectivity index (χ1n) is 8.22. The van der Waals surface area contributed by atoms with Crippen LogP contribution in [-0.4, -0.2) is 61.9 Å². The number of carbonyl (C=O) groups excluding carboxylic acids is 1. The molecule has 0 N–H and O–H groups in total. The van der Waals surface area contributed by atoms with Crippen LogP contribution >= 0.6 is 0 Å². The molecular weight excluding hydrogens is 308 g/mol. The zero-order chi connectivity index (χ0) is 17.1. The van der Waals surface area contributed by atoms with Gasteiger partial charge in [-0.3, -0.25) is 4.79 Å². The first-order chi connectivity index (χ1) is 11.6. The molecule has 130 valence electrons. The zero-order valence-corrected chi connectivity index (χ0v) is 14.5. The Kier molecular flexibility index (Phi) is 4.94. The van der Waals surface area contributed by atoms with Crippen molar-refractivity contribution in [2.75, 3.05) is 26.8 Å². The maximum absolute atomic E-state index is 12.1. The first kappa shape index (κ1) is 16.6. The molecule has 1 amide bonds. The molecule has 1 aliphatic rings. The molecule has 1 saturated heterocycles.